The normalized spacial score (nSPS) is 11.2. The second kappa shape index (κ2) is 6.54. The van der Waals surface area contributed by atoms with Crippen molar-refractivity contribution in [3.8, 4) is 5.75 Å². The summed E-state index contributed by atoms with van der Waals surface area (Å²) in [6.45, 7) is 1.51. The molecule has 0 N–H and O–H groups in total. The van der Waals surface area contributed by atoms with Gasteiger partial charge in [-0.3, -0.25) is 0 Å². The fourth-order valence-electron chi connectivity index (χ4n) is 1.65. The summed E-state index contributed by atoms with van der Waals surface area (Å²) in [7, 11) is -1.89. The summed E-state index contributed by atoms with van der Waals surface area (Å²) in [5.41, 5.74) is 0. The number of hydrogen-bond donors (Lipinski definition) is 0. The Morgan fingerprint density at radius 1 is 1.22 bits per heavy atom. The predicted molar refractivity (Wildman–Crippen MR) is 69.6 cm³/mol. The summed E-state index contributed by atoms with van der Waals surface area (Å²) in [5.74, 6) is 0.495. The molecule has 0 aliphatic rings. The van der Waals surface area contributed by atoms with Crippen LogP contribution in [0.1, 0.15) is 26.2 Å². The number of carbonyl (C=O) groups is 1. The van der Waals surface area contributed by atoms with Gasteiger partial charge in [-0.1, -0.05) is 12.1 Å². The lowest BCUT2D eigenvalue weighted by atomic mass is 10.2. The summed E-state index contributed by atoms with van der Waals surface area (Å²) in [5, 5.41) is 0. The molecular formula is C13H18O4S. The van der Waals surface area contributed by atoms with Gasteiger partial charge in [0.25, 0.3) is 0 Å². The van der Waals surface area contributed by atoms with Crippen molar-refractivity contribution in [2.24, 2.45) is 0 Å². The lowest BCUT2D eigenvalue weighted by Crippen LogP contribution is -2.08. The van der Waals surface area contributed by atoms with Crippen LogP contribution < -0.4 is 4.74 Å². The maximum atomic E-state index is 12.1. The van der Waals surface area contributed by atoms with E-state index in [0.29, 0.717) is 25.0 Å². The first-order valence-corrected chi connectivity index (χ1v) is 7.48. The Morgan fingerprint density at radius 2 is 1.89 bits per heavy atom. The molecule has 1 rings (SSSR count). The van der Waals surface area contributed by atoms with Gasteiger partial charge in [0.2, 0.25) is 0 Å². The Kier molecular flexibility index (Phi) is 5.34. The van der Waals surface area contributed by atoms with Crippen LogP contribution in [0.5, 0.6) is 5.75 Å². The molecule has 0 amide bonds. The van der Waals surface area contributed by atoms with Gasteiger partial charge in [0.05, 0.1) is 12.9 Å². The van der Waals surface area contributed by atoms with E-state index < -0.39 is 9.84 Å². The van der Waals surface area contributed by atoms with Gasteiger partial charge in [-0.05, 0) is 31.9 Å². The molecule has 0 aliphatic heterocycles. The minimum Gasteiger partial charge on any atom is -0.495 e. The standard InChI is InChI=1S/C13H18O4S/c1-11(14)7-5-6-10-18(15,16)13-9-4-3-8-12(13)17-2/h3-4,8-9H,5-7,10H2,1-2H3. The van der Waals surface area contributed by atoms with Crippen molar-refractivity contribution >= 4 is 15.6 Å². The zero-order chi connectivity index (χ0) is 13.6. The molecule has 1 aromatic carbocycles. The van der Waals surface area contributed by atoms with Gasteiger partial charge in [-0.2, -0.15) is 0 Å². The number of ketones is 1. The van der Waals surface area contributed by atoms with Gasteiger partial charge >= 0.3 is 0 Å². The highest BCUT2D eigenvalue weighted by Gasteiger charge is 2.18. The van der Waals surface area contributed by atoms with E-state index in [1.54, 1.807) is 24.3 Å². The molecule has 0 heterocycles. The van der Waals surface area contributed by atoms with E-state index in [0.717, 1.165) is 0 Å². The number of sulfone groups is 1. The Bertz CT molecular complexity index is 505. The molecule has 18 heavy (non-hydrogen) atoms. The first-order chi connectivity index (χ1) is 8.47. The Morgan fingerprint density at radius 3 is 2.50 bits per heavy atom. The fraction of sp³-hybridized carbons (Fsp3) is 0.462. The number of ether oxygens (including phenoxy) is 1. The van der Waals surface area contributed by atoms with E-state index in [4.69, 9.17) is 4.74 Å². The molecule has 0 saturated carbocycles. The molecular weight excluding hydrogens is 252 g/mol. The quantitative estimate of drug-likeness (QED) is 0.713. The molecule has 0 unspecified atom stereocenters. The van der Waals surface area contributed by atoms with Crippen LogP contribution in [-0.4, -0.2) is 27.1 Å². The second-order valence-corrected chi connectivity index (χ2v) is 6.21. The average Bonchev–Trinajstić information content (AvgIpc) is 2.34. The topological polar surface area (TPSA) is 60.4 Å². The first kappa shape index (κ1) is 14.7. The second-order valence-electron chi connectivity index (χ2n) is 4.13. The zero-order valence-electron chi connectivity index (χ0n) is 10.7. The Labute approximate surface area is 108 Å². The summed E-state index contributed by atoms with van der Waals surface area (Å²) in [6, 6.07) is 6.57. The Balaban J connectivity index is 2.71. The summed E-state index contributed by atoms with van der Waals surface area (Å²) in [4.78, 5) is 11.0. The summed E-state index contributed by atoms with van der Waals surface area (Å²) in [6.07, 6.45) is 1.52. The van der Waals surface area contributed by atoms with E-state index in [1.165, 1.54) is 14.0 Å². The van der Waals surface area contributed by atoms with Crippen molar-refractivity contribution in [1.29, 1.82) is 0 Å². The zero-order valence-corrected chi connectivity index (χ0v) is 11.5. The van der Waals surface area contributed by atoms with Gasteiger partial charge in [-0.25, -0.2) is 8.42 Å². The third kappa shape index (κ3) is 4.14. The first-order valence-electron chi connectivity index (χ1n) is 5.82. The molecule has 100 valence electrons. The number of para-hydroxylation sites is 1. The van der Waals surface area contributed by atoms with Crippen LogP contribution in [0.15, 0.2) is 29.2 Å². The van der Waals surface area contributed by atoms with Crippen LogP contribution in [-0.2, 0) is 14.6 Å². The number of benzene rings is 1. The minimum absolute atomic E-state index is 0.0423. The molecule has 4 nitrogen and oxygen atoms in total. The number of methoxy groups -OCH3 is 1. The summed E-state index contributed by atoms with van der Waals surface area (Å²) < 4.78 is 29.2. The highest BCUT2D eigenvalue weighted by molar-refractivity contribution is 7.91. The van der Waals surface area contributed by atoms with Crippen molar-refractivity contribution in [3.63, 3.8) is 0 Å². The van der Waals surface area contributed by atoms with Crippen LogP contribution in [0.4, 0.5) is 0 Å². The Hall–Kier alpha value is -1.36. The highest BCUT2D eigenvalue weighted by Crippen LogP contribution is 2.24. The van der Waals surface area contributed by atoms with E-state index in [9.17, 15) is 13.2 Å². The van der Waals surface area contributed by atoms with Crippen LogP contribution >= 0.6 is 0 Å². The van der Waals surface area contributed by atoms with E-state index in [2.05, 4.69) is 0 Å². The van der Waals surface area contributed by atoms with Crippen LogP contribution in [0.3, 0.4) is 0 Å². The highest BCUT2D eigenvalue weighted by atomic mass is 32.2. The molecule has 1 aromatic rings. The molecule has 5 heteroatoms. The minimum atomic E-state index is -3.34. The van der Waals surface area contributed by atoms with Crippen LogP contribution in [0.25, 0.3) is 0 Å². The smallest absolute Gasteiger partial charge is 0.182 e. The van der Waals surface area contributed by atoms with Gasteiger partial charge in [0.15, 0.2) is 9.84 Å². The summed E-state index contributed by atoms with van der Waals surface area (Å²) >= 11 is 0. The van der Waals surface area contributed by atoms with Gasteiger partial charge in [0, 0.05) is 6.42 Å². The van der Waals surface area contributed by atoms with E-state index in [1.807, 2.05) is 0 Å². The lowest BCUT2D eigenvalue weighted by molar-refractivity contribution is -0.117. The monoisotopic (exact) mass is 270 g/mol. The SMILES string of the molecule is COc1ccccc1S(=O)(=O)CCCCC(C)=O. The molecule has 0 bridgehead atoms. The third-order valence-corrected chi connectivity index (χ3v) is 4.43. The molecule has 0 aromatic heterocycles. The molecule has 0 atom stereocenters. The molecule has 0 saturated heterocycles. The number of Topliss-reactive ketones (excluding diaryl/α,β-unsaturated/α-hetero) is 1. The molecule has 0 fully saturated rings. The largest absolute Gasteiger partial charge is 0.495 e. The fourth-order valence-corrected chi connectivity index (χ4v) is 3.20. The number of unbranched alkanes of at least 4 members (excludes halogenated alkanes) is 1. The van der Waals surface area contributed by atoms with E-state index >= 15 is 0 Å². The number of hydrogen-bond acceptors (Lipinski definition) is 4. The number of rotatable bonds is 7. The van der Waals surface area contributed by atoms with Crippen LogP contribution in [0, 0.1) is 0 Å². The van der Waals surface area contributed by atoms with Crippen molar-refractivity contribution in [1.82, 2.24) is 0 Å². The van der Waals surface area contributed by atoms with Crippen molar-refractivity contribution in [2.45, 2.75) is 31.1 Å². The molecule has 0 radical (unpaired) electrons. The maximum Gasteiger partial charge on any atom is 0.182 e. The van der Waals surface area contributed by atoms with Gasteiger partial charge < -0.3 is 9.53 Å². The van der Waals surface area contributed by atoms with Crippen molar-refractivity contribution in [3.05, 3.63) is 24.3 Å². The van der Waals surface area contributed by atoms with Crippen molar-refractivity contribution < 1.29 is 17.9 Å². The predicted octanol–water partition coefficient (Wildman–Crippen LogP) is 2.23. The maximum absolute atomic E-state index is 12.1. The molecule has 0 aliphatic carbocycles. The average molecular weight is 270 g/mol. The third-order valence-electron chi connectivity index (χ3n) is 2.60. The van der Waals surface area contributed by atoms with E-state index in [-0.39, 0.29) is 16.4 Å². The van der Waals surface area contributed by atoms with Crippen molar-refractivity contribution in [2.75, 3.05) is 12.9 Å². The lowest BCUT2D eigenvalue weighted by Gasteiger charge is -2.08. The molecule has 0 spiro atoms. The van der Waals surface area contributed by atoms with Gasteiger partial charge in [-0.15, -0.1) is 0 Å². The number of carbonyl (C=O) groups excluding carboxylic acids is 1. The van der Waals surface area contributed by atoms with Gasteiger partial charge in [0.1, 0.15) is 16.4 Å². The van der Waals surface area contributed by atoms with Crippen LogP contribution in [0.2, 0.25) is 0 Å².